The lowest BCUT2D eigenvalue weighted by atomic mass is 10.1. The molecule has 0 saturated heterocycles. The number of halogens is 2. The molecule has 2 rings (SSSR count). The van der Waals surface area contributed by atoms with E-state index in [0.29, 0.717) is 18.1 Å². The highest BCUT2D eigenvalue weighted by atomic mass is 35.5. The molecule has 1 atom stereocenters. The summed E-state index contributed by atoms with van der Waals surface area (Å²) in [5, 5.41) is 5.33. The summed E-state index contributed by atoms with van der Waals surface area (Å²) in [4.78, 5) is 26.1. The first kappa shape index (κ1) is 21.9. The fraction of sp³-hybridized carbons (Fsp3) is 0.333. The molecule has 0 fully saturated rings. The average molecular weight is 407 g/mol. The van der Waals surface area contributed by atoms with E-state index in [2.05, 4.69) is 5.32 Å². The zero-order chi connectivity index (χ0) is 20.5. The largest absolute Gasteiger partial charge is 0.350 e. The third-order valence-electron chi connectivity index (χ3n) is 4.51. The molecule has 7 heteroatoms. The predicted octanol–water partition coefficient (Wildman–Crippen LogP) is 2.27. The Morgan fingerprint density at radius 3 is 2.50 bits per heavy atom. The van der Waals surface area contributed by atoms with Crippen LogP contribution in [0.15, 0.2) is 48.5 Å². The molecule has 0 spiro atoms. The van der Waals surface area contributed by atoms with E-state index >= 15 is 0 Å². The third kappa shape index (κ3) is 6.62. The molecule has 0 saturated carbocycles. The van der Waals surface area contributed by atoms with E-state index in [1.165, 1.54) is 17.0 Å². The quantitative estimate of drug-likeness (QED) is 0.671. The van der Waals surface area contributed by atoms with Crippen LogP contribution in [0.25, 0.3) is 0 Å². The van der Waals surface area contributed by atoms with Gasteiger partial charge in [-0.05, 0) is 37.6 Å². The first-order valence-electron chi connectivity index (χ1n) is 9.27. The topological polar surface area (TPSA) is 66.0 Å². The number of quaternary nitrogens is 1. The molecule has 28 heavy (non-hydrogen) atoms. The number of carbonyl (C=O) groups excluding carboxylic acids is 2. The van der Waals surface area contributed by atoms with Crippen molar-refractivity contribution in [1.29, 1.82) is 0 Å². The molecular formula is C21H26ClFN3O2+. The molecule has 0 unspecified atom stereocenters. The summed E-state index contributed by atoms with van der Waals surface area (Å²) in [7, 11) is 0. The van der Waals surface area contributed by atoms with Gasteiger partial charge >= 0.3 is 0 Å². The van der Waals surface area contributed by atoms with Crippen LogP contribution in [-0.4, -0.2) is 36.3 Å². The lowest BCUT2D eigenvalue weighted by Crippen LogP contribution is -2.87. The maximum atomic E-state index is 12.9. The van der Waals surface area contributed by atoms with E-state index in [1.807, 2.05) is 43.4 Å². The molecule has 0 aliphatic carbocycles. The summed E-state index contributed by atoms with van der Waals surface area (Å²) >= 11 is 6.20. The minimum atomic E-state index is -0.319. The summed E-state index contributed by atoms with van der Waals surface area (Å²) < 4.78 is 12.9. The first-order valence-corrected chi connectivity index (χ1v) is 9.65. The van der Waals surface area contributed by atoms with Gasteiger partial charge in [-0.3, -0.25) is 9.59 Å². The highest BCUT2D eigenvalue weighted by molar-refractivity contribution is 6.31. The van der Waals surface area contributed by atoms with Crippen LogP contribution in [0.5, 0.6) is 0 Å². The van der Waals surface area contributed by atoms with Gasteiger partial charge in [-0.2, -0.15) is 0 Å². The number of nitrogens with one attached hydrogen (secondary N) is 1. The summed E-state index contributed by atoms with van der Waals surface area (Å²) in [5.41, 5.74) is 1.77. The Morgan fingerprint density at radius 2 is 1.86 bits per heavy atom. The fourth-order valence-corrected chi connectivity index (χ4v) is 3.09. The second-order valence-corrected chi connectivity index (χ2v) is 6.97. The SMILES string of the molecule is CCN(CC(=O)NCc1ccc(F)cc1)C(=O)C[NH2+][C@@H](C)c1ccccc1Cl. The van der Waals surface area contributed by atoms with Crippen molar-refractivity contribution in [2.24, 2.45) is 0 Å². The van der Waals surface area contributed by atoms with E-state index in [4.69, 9.17) is 11.6 Å². The van der Waals surface area contributed by atoms with Crippen LogP contribution in [0.3, 0.4) is 0 Å². The van der Waals surface area contributed by atoms with Gasteiger partial charge in [0.2, 0.25) is 5.91 Å². The number of hydrogen-bond acceptors (Lipinski definition) is 2. The van der Waals surface area contributed by atoms with Crippen LogP contribution in [0, 0.1) is 5.82 Å². The van der Waals surface area contributed by atoms with E-state index in [-0.39, 0.29) is 36.8 Å². The number of likely N-dealkylation sites (N-methyl/N-ethyl adjacent to an activating group) is 1. The number of hydrogen-bond donors (Lipinski definition) is 2. The van der Waals surface area contributed by atoms with Crippen molar-refractivity contribution in [3.8, 4) is 0 Å². The Labute approximate surface area is 169 Å². The number of amides is 2. The average Bonchev–Trinajstić information content (AvgIpc) is 2.69. The fourth-order valence-electron chi connectivity index (χ4n) is 2.79. The Hall–Kier alpha value is -2.44. The van der Waals surface area contributed by atoms with Crippen LogP contribution >= 0.6 is 11.6 Å². The molecule has 150 valence electrons. The van der Waals surface area contributed by atoms with Gasteiger partial charge in [-0.15, -0.1) is 0 Å². The first-order chi connectivity index (χ1) is 13.4. The molecule has 2 aromatic carbocycles. The normalized spacial score (nSPS) is 11.7. The van der Waals surface area contributed by atoms with Crippen molar-refractivity contribution in [2.45, 2.75) is 26.4 Å². The van der Waals surface area contributed by atoms with Gasteiger partial charge in [0.25, 0.3) is 5.91 Å². The van der Waals surface area contributed by atoms with Crippen molar-refractivity contribution in [3.05, 3.63) is 70.5 Å². The van der Waals surface area contributed by atoms with Crippen LogP contribution in [-0.2, 0) is 16.1 Å². The Bertz CT molecular complexity index is 798. The van der Waals surface area contributed by atoms with Crippen molar-refractivity contribution in [2.75, 3.05) is 19.6 Å². The predicted molar refractivity (Wildman–Crippen MR) is 107 cm³/mol. The van der Waals surface area contributed by atoms with Crippen LogP contribution in [0.2, 0.25) is 5.02 Å². The molecule has 0 heterocycles. The van der Waals surface area contributed by atoms with Crippen LogP contribution in [0.1, 0.15) is 31.0 Å². The monoisotopic (exact) mass is 406 g/mol. The highest BCUT2D eigenvalue weighted by Crippen LogP contribution is 2.19. The standard InChI is InChI=1S/C21H25ClFN3O2/c1-3-26(14-20(27)25-12-16-8-10-17(23)11-9-16)21(28)13-24-15(2)18-6-4-5-7-19(18)22/h4-11,15,24H,3,12-14H2,1-2H3,(H,25,27)/p+1/t15-/m0/s1. The lowest BCUT2D eigenvalue weighted by Gasteiger charge is -2.21. The van der Waals surface area contributed by atoms with Gasteiger partial charge in [0, 0.05) is 23.7 Å². The number of rotatable bonds is 9. The molecule has 0 bridgehead atoms. The molecule has 0 aliphatic rings. The van der Waals surface area contributed by atoms with Gasteiger partial charge in [0.15, 0.2) is 6.54 Å². The van der Waals surface area contributed by atoms with Crippen molar-refractivity contribution in [1.82, 2.24) is 10.2 Å². The number of nitrogens with two attached hydrogens (primary N) is 1. The van der Waals surface area contributed by atoms with Gasteiger partial charge in [0.05, 0.1) is 6.54 Å². The summed E-state index contributed by atoms with van der Waals surface area (Å²) in [6.45, 7) is 4.77. The summed E-state index contributed by atoms with van der Waals surface area (Å²) in [5.74, 6) is -0.683. The van der Waals surface area contributed by atoms with Crippen LogP contribution < -0.4 is 10.6 Å². The van der Waals surface area contributed by atoms with Crippen molar-refractivity contribution < 1.29 is 19.3 Å². The maximum Gasteiger partial charge on any atom is 0.278 e. The smallest absolute Gasteiger partial charge is 0.278 e. The minimum Gasteiger partial charge on any atom is -0.350 e. The maximum absolute atomic E-state index is 12.9. The highest BCUT2D eigenvalue weighted by Gasteiger charge is 2.19. The molecule has 0 aliphatic heterocycles. The third-order valence-corrected chi connectivity index (χ3v) is 4.86. The molecule has 5 nitrogen and oxygen atoms in total. The zero-order valence-corrected chi connectivity index (χ0v) is 16.9. The second-order valence-electron chi connectivity index (χ2n) is 6.56. The molecular weight excluding hydrogens is 381 g/mol. The molecule has 0 aromatic heterocycles. The van der Waals surface area contributed by atoms with E-state index in [1.54, 1.807) is 12.1 Å². The summed E-state index contributed by atoms with van der Waals surface area (Å²) in [6, 6.07) is 13.5. The zero-order valence-electron chi connectivity index (χ0n) is 16.1. The number of carbonyl (C=O) groups is 2. The minimum absolute atomic E-state index is 0.00909. The van der Waals surface area contributed by atoms with Crippen LogP contribution in [0.4, 0.5) is 4.39 Å². The van der Waals surface area contributed by atoms with Crippen molar-refractivity contribution >= 4 is 23.4 Å². The van der Waals surface area contributed by atoms with Gasteiger partial charge in [-0.1, -0.05) is 41.9 Å². The summed E-state index contributed by atoms with van der Waals surface area (Å²) in [6.07, 6.45) is 0. The Kier molecular flexibility index (Phi) is 8.42. The van der Waals surface area contributed by atoms with E-state index in [0.717, 1.165) is 11.1 Å². The Morgan fingerprint density at radius 1 is 1.18 bits per heavy atom. The van der Waals surface area contributed by atoms with Gasteiger partial charge in [0.1, 0.15) is 11.9 Å². The molecule has 2 amide bonds. The van der Waals surface area contributed by atoms with E-state index < -0.39 is 0 Å². The lowest BCUT2D eigenvalue weighted by molar-refractivity contribution is -0.683. The molecule has 0 radical (unpaired) electrons. The van der Waals surface area contributed by atoms with Gasteiger partial charge < -0.3 is 15.5 Å². The number of benzene rings is 2. The molecule has 3 N–H and O–H groups in total. The molecule has 2 aromatic rings. The van der Waals surface area contributed by atoms with Gasteiger partial charge in [-0.25, -0.2) is 4.39 Å². The second kappa shape index (κ2) is 10.8. The number of nitrogens with zero attached hydrogens (tertiary/aromatic N) is 1. The van der Waals surface area contributed by atoms with E-state index in [9.17, 15) is 14.0 Å². The Balaban J connectivity index is 1.81. The van der Waals surface area contributed by atoms with Crippen molar-refractivity contribution in [3.63, 3.8) is 0 Å².